The number of fused-ring (bicyclic) bond motifs is 1. The van der Waals surface area contributed by atoms with E-state index in [9.17, 15) is 4.79 Å². The van der Waals surface area contributed by atoms with Crippen molar-refractivity contribution in [2.75, 3.05) is 19.8 Å². The van der Waals surface area contributed by atoms with Crippen molar-refractivity contribution < 1.29 is 9.53 Å². The van der Waals surface area contributed by atoms with Gasteiger partial charge in [-0.15, -0.1) is 5.10 Å². The quantitative estimate of drug-likeness (QED) is 0.746. The van der Waals surface area contributed by atoms with E-state index in [0.717, 1.165) is 0 Å². The van der Waals surface area contributed by atoms with Gasteiger partial charge in [-0.05, 0) is 18.2 Å². The molecule has 0 aliphatic heterocycles. The molecule has 0 aliphatic rings. The molecule has 1 aromatic carbocycles. The lowest BCUT2D eigenvalue weighted by Crippen LogP contribution is -2.21. The van der Waals surface area contributed by atoms with Gasteiger partial charge in [0, 0.05) is 36.3 Å². The molecule has 0 atom stereocenters. The molecular weight excluding hydrogens is 332 g/mol. The lowest BCUT2D eigenvalue weighted by Gasteiger charge is -2.13. The van der Waals surface area contributed by atoms with Crippen molar-refractivity contribution in [1.82, 2.24) is 25.3 Å². The summed E-state index contributed by atoms with van der Waals surface area (Å²) >= 11 is 6.20. The van der Waals surface area contributed by atoms with E-state index in [1.807, 2.05) is 0 Å². The highest BCUT2D eigenvalue weighted by molar-refractivity contribution is 6.31. The predicted molar refractivity (Wildman–Crippen MR) is 89.9 cm³/mol. The molecule has 2 aromatic heterocycles. The number of H-pyrrole nitrogens is 1. The van der Waals surface area contributed by atoms with Gasteiger partial charge in [-0.2, -0.15) is 10.3 Å². The van der Waals surface area contributed by atoms with E-state index in [1.165, 1.54) is 4.90 Å². The van der Waals surface area contributed by atoms with Gasteiger partial charge in [-0.1, -0.05) is 11.6 Å². The summed E-state index contributed by atoms with van der Waals surface area (Å²) in [6.45, 7) is 0.152. The Hall–Kier alpha value is -2.87. The Bertz CT molecular complexity index is 908. The summed E-state index contributed by atoms with van der Waals surface area (Å²) in [7, 11) is 3.38. The number of carbonyl (C=O) groups excluding carboxylic acids is 1. The molecule has 3 N–H and O–H groups in total. The zero-order valence-electron chi connectivity index (χ0n) is 13.1. The van der Waals surface area contributed by atoms with E-state index in [0.29, 0.717) is 33.1 Å². The highest BCUT2D eigenvalue weighted by atomic mass is 35.5. The minimum absolute atomic E-state index is 0.111. The van der Waals surface area contributed by atoms with Crippen molar-refractivity contribution in [2.45, 2.75) is 6.61 Å². The van der Waals surface area contributed by atoms with E-state index in [1.54, 1.807) is 38.4 Å². The molecule has 0 saturated heterocycles. The van der Waals surface area contributed by atoms with E-state index in [4.69, 9.17) is 22.1 Å². The Morgan fingerprint density at radius 2 is 2.12 bits per heavy atom. The van der Waals surface area contributed by atoms with Crippen LogP contribution in [-0.4, -0.2) is 45.3 Å². The summed E-state index contributed by atoms with van der Waals surface area (Å²) in [5, 5.41) is 10.9. The zero-order chi connectivity index (χ0) is 17.3. The minimum atomic E-state index is -0.111. The number of aromatic amines is 1. The number of hydrogen-bond acceptors (Lipinski definition) is 6. The van der Waals surface area contributed by atoms with Crippen LogP contribution in [0.1, 0.15) is 15.9 Å². The molecule has 3 aromatic rings. The first-order valence-corrected chi connectivity index (χ1v) is 7.43. The van der Waals surface area contributed by atoms with Gasteiger partial charge in [0.2, 0.25) is 5.65 Å². The average Bonchev–Trinajstić information content (AvgIpc) is 3.01. The Morgan fingerprint density at radius 3 is 2.88 bits per heavy atom. The number of hydrogen-bond donors (Lipinski definition) is 2. The number of amides is 1. The molecule has 24 heavy (non-hydrogen) atoms. The summed E-state index contributed by atoms with van der Waals surface area (Å²) in [5.74, 6) is 0.598. The monoisotopic (exact) mass is 346 g/mol. The van der Waals surface area contributed by atoms with Crippen LogP contribution in [0.25, 0.3) is 11.2 Å². The Kier molecular flexibility index (Phi) is 4.22. The largest absolute Gasteiger partial charge is 0.486 e. The maximum atomic E-state index is 12.1. The van der Waals surface area contributed by atoms with E-state index in [2.05, 4.69) is 20.4 Å². The van der Waals surface area contributed by atoms with Gasteiger partial charge < -0.3 is 15.4 Å². The van der Waals surface area contributed by atoms with Crippen LogP contribution in [0, 0.1) is 0 Å². The standard InChI is InChI=1S/C15H15ClN6O2/c1-22(2)15(23)8-3-4-10(16)9(5-8)7-24-11-6-12(17)18-14-13(11)19-21-20-14/h3-6H,7H2,1-2H3,(H3,17,18,19,20,21). The van der Waals surface area contributed by atoms with Crippen LogP contribution >= 0.6 is 11.6 Å². The summed E-state index contributed by atoms with van der Waals surface area (Å²) < 4.78 is 5.77. The molecule has 2 heterocycles. The first kappa shape index (κ1) is 16.0. The molecule has 0 fully saturated rings. The van der Waals surface area contributed by atoms with E-state index in [-0.39, 0.29) is 18.3 Å². The number of nitrogens with zero attached hydrogens (tertiary/aromatic N) is 4. The molecule has 0 aliphatic carbocycles. The number of rotatable bonds is 4. The molecule has 9 heteroatoms. The van der Waals surface area contributed by atoms with Crippen molar-refractivity contribution in [3.05, 3.63) is 40.4 Å². The van der Waals surface area contributed by atoms with Gasteiger partial charge >= 0.3 is 0 Å². The third kappa shape index (κ3) is 3.09. The second-order valence-corrected chi connectivity index (χ2v) is 5.74. The molecule has 3 rings (SSSR count). The SMILES string of the molecule is CN(C)C(=O)c1ccc(Cl)c(COc2cc(N)nc3n[nH]nc23)c1. The van der Waals surface area contributed by atoms with Gasteiger partial charge in [0.1, 0.15) is 12.4 Å². The number of halogens is 1. The number of aromatic nitrogens is 4. The number of pyridine rings is 1. The van der Waals surface area contributed by atoms with Crippen LogP contribution < -0.4 is 10.5 Å². The Labute approximate surface area is 142 Å². The van der Waals surface area contributed by atoms with Crippen LogP contribution in [0.5, 0.6) is 5.75 Å². The van der Waals surface area contributed by atoms with Crippen molar-refractivity contribution >= 4 is 34.5 Å². The van der Waals surface area contributed by atoms with Gasteiger partial charge in [0.05, 0.1) is 0 Å². The van der Waals surface area contributed by atoms with Gasteiger partial charge in [-0.25, -0.2) is 4.98 Å². The van der Waals surface area contributed by atoms with Gasteiger partial charge in [0.25, 0.3) is 5.91 Å². The lowest BCUT2D eigenvalue weighted by molar-refractivity contribution is 0.0827. The second kappa shape index (κ2) is 6.32. The average molecular weight is 347 g/mol. The normalized spacial score (nSPS) is 10.8. The first-order chi connectivity index (χ1) is 11.5. The molecule has 124 valence electrons. The summed E-state index contributed by atoms with van der Waals surface area (Å²) in [6, 6.07) is 6.61. The number of carbonyl (C=O) groups is 1. The highest BCUT2D eigenvalue weighted by Crippen LogP contribution is 2.26. The minimum Gasteiger partial charge on any atom is -0.486 e. The lowest BCUT2D eigenvalue weighted by atomic mass is 10.1. The summed E-state index contributed by atoms with van der Waals surface area (Å²) in [4.78, 5) is 17.6. The third-order valence-electron chi connectivity index (χ3n) is 3.36. The maximum Gasteiger partial charge on any atom is 0.253 e. The smallest absolute Gasteiger partial charge is 0.253 e. The van der Waals surface area contributed by atoms with Crippen molar-refractivity contribution in [3.63, 3.8) is 0 Å². The van der Waals surface area contributed by atoms with Crippen LogP contribution in [0.2, 0.25) is 5.02 Å². The molecule has 1 amide bonds. The molecular formula is C15H15ClN6O2. The molecule has 0 bridgehead atoms. The summed E-state index contributed by atoms with van der Waals surface area (Å²) in [6.07, 6.45) is 0. The van der Waals surface area contributed by atoms with E-state index >= 15 is 0 Å². The van der Waals surface area contributed by atoms with Crippen LogP contribution in [0.15, 0.2) is 24.3 Å². The maximum absolute atomic E-state index is 12.1. The fraction of sp³-hybridized carbons (Fsp3) is 0.200. The summed E-state index contributed by atoms with van der Waals surface area (Å²) in [5.41, 5.74) is 7.78. The third-order valence-corrected chi connectivity index (χ3v) is 3.73. The van der Waals surface area contributed by atoms with Crippen LogP contribution in [0.3, 0.4) is 0 Å². The first-order valence-electron chi connectivity index (χ1n) is 7.05. The van der Waals surface area contributed by atoms with E-state index < -0.39 is 0 Å². The molecule has 0 spiro atoms. The zero-order valence-corrected chi connectivity index (χ0v) is 13.8. The van der Waals surface area contributed by atoms with Gasteiger partial charge in [-0.3, -0.25) is 4.79 Å². The van der Waals surface area contributed by atoms with Crippen molar-refractivity contribution in [1.29, 1.82) is 0 Å². The highest BCUT2D eigenvalue weighted by Gasteiger charge is 2.13. The van der Waals surface area contributed by atoms with Gasteiger partial charge in [0.15, 0.2) is 11.3 Å². The van der Waals surface area contributed by atoms with Crippen molar-refractivity contribution in [3.8, 4) is 5.75 Å². The van der Waals surface area contributed by atoms with Crippen molar-refractivity contribution in [2.24, 2.45) is 0 Å². The van der Waals surface area contributed by atoms with Crippen LogP contribution in [-0.2, 0) is 6.61 Å². The molecule has 0 saturated carbocycles. The number of nitrogens with one attached hydrogen (secondary N) is 1. The predicted octanol–water partition coefficient (Wildman–Crippen LogP) is 1.87. The number of nitrogens with two attached hydrogens (primary N) is 1. The fourth-order valence-corrected chi connectivity index (χ4v) is 2.34. The second-order valence-electron chi connectivity index (χ2n) is 5.34. The van der Waals surface area contributed by atoms with Crippen LogP contribution in [0.4, 0.5) is 5.82 Å². The fourth-order valence-electron chi connectivity index (χ4n) is 2.17. The topological polar surface area (TPSA) is 110 Å². The Morgan fingerprint density at radius 1 is 1.33 bits per heavy atom. The molecule has 8 nitrogen and oxygen atoms in total. The molecule has 0 radical (unpaired) electrons. The molecule has 0 unspecified atom stereocenters. The number of ether oxygens (including phenoxy) is 1. The Balaban J connectivity index is 1.87. The number of anilines is 1. The number of nitrogen functional groups attached to an aromatic ring is 1. The number of benzene rings is 1.